The summed E-state index contributed by atoms with van der Waals surface area (Å²) in [6, 6.07) is 12.6. The van der Waals surface area contributed by atoms with Crippen molar-refractivity contribution in [2.24, 2.45) is 0 Å². The van der Waals surface area contributed by atoms with Gasteiger partial charge in [-0.3, -0.25) is 0 Å². The topological polar surface area (TPSA) is 12.0 Å². The molecule has 1 aromatic rings. The van der Waals surface area contributed by atoms with Gasteiger partial charge in [0.2, 0.25) is 0 Å². The van der Waals surface area contributed by atoms with Crippen molar-refractivity contribution < 1.29 is 0 Å². The first kappa shape index (κ1) is 13.5. The maximum atomic E-state index is 3.90. The van der Waals surface area contributed by atoms with Crippen LogP contribution in [0.1, 0.15) is 50.5 Å². The van der Waals surface area contributed by atoms with Gasteiger partial charge in [-0.25, -0.2) is 0 Å². The lowest BCUT2D eigenvalue weighted by atomic mass is 9.81. The summed E-state index contributed by atoms with van der Waals surface area (Å²) in [7, 11) is 0. The summed E-state index contributed by atoms with van der Waals surface area (Å²) in [4.78, 5) is 0. The number of nitrogens with one attached hydrogen (secondary N) is 1. The molecule has 0 radical (unpaired) electrons. The Labute approximate surface area is 121 Å². The van der Waals surface area contributed by atoms with E-state index in [1.165, 1.54) is 37.9 Å². The van der Waals surface area contributed by atoms with Crippen LogP contribution in [0.2, 0.25) is 0 Å². The molecule has 104 valence electrons. The van der Waals surface area contributed by atoms with Gasteiger partial charge in [-0.2, -0.15) is 11.8 Å². The smallest absolute Gasteiger partial charge is 0.0171 e. The van der Waals surface area contributed by atoms with Gasteiger partial charge >= 0.3 is 0 Å². The average molecular weight is 275 g/mol. The van der Waals surface area contributed by atoms with Crippen molar-refractivity contribution in [3.05, 3.63) is 35.9 Å². The molecule has 1 heterocycles. The van der Waals surface area contributed by atoms with E-state index in [4.69, 9.17) is 0 Å². The maximum absolute atomic E-state index is 3.90. The van der Waals surface area contributed by atoms with Crippen LogP contribution in [0.4, 0.5) is 0 Å². The Hall–Kier alpha value is -0.470. The third kappa shape index (κ3) is 3.55. The van der Waals surface area contributed by atoms with Crippen LogP contribution in [-0.2, 0) is 0 Å². The summed E-state index contributed by atoms with van der Waals surface area (Å²) in [5.41, 5.74) is 1.55. The quantitative estimate of drug-likeness (QED) is 0.887. The lowest BCUT2D eigenvalue weighted by Gasteiger charge is -2.31. The first-order valence-electron chi connectivity index (χ1n) is 7.74. The molecule has 2 aliphatic rings. The van der Waals surface area contributed by atoms with Crippen molar-refractivity contribution in [3.63, 3.8) is 0 Å². The first-order valence-corrected chi connectivity index (χ1v) is 8.78. The minimum atomic E-state index is 0.774. The maximum Gasteiger partial charge on any atom is 0.0171 e. The molecule has 0 aromatic heterocycles. The fourth-order valence-electron chi connectivity index (χ4n) is 3.59. The summed E-state index contributed by atoms with van der Waals surface area (Å²) in [5, 5.41) is 4.76. The normalized spacial score (nSPS) is 35.4. The molecular weight excluding hydrogens is 250 g/mol. The zero-order chi connectivity index (χ0) is 13.1. The second kappa shape index (κ2) is 6.32. The molecule has 1 saturated carbocycles. The Kier molecular flexibility index (Phi) is 4.49. The first-order chi connectivity index (χ1) is 9.31. The second-order valence-electron chi connectivity index (χ2n) is 6.20. The van der Waals surface area contributed by atoms with E-state index in [1.54, 1.807) is 5.56 Å². The highest BCUT2D eigenvalue weighted by Crippen LogP contribution is 2.34. The van der Waals surface area contributed by atoms with Crippen molar-refractivity contribution >= 4 is 11.8 Å². The highest BCUT2D eigenvalue weighted by molar-refractivity contribution is 8.00. The van der Waals surface area contributed by atoms with E-state index in [-0.39, 0.29) is 0 Å². The average Bonchev–Trinajstić information content (AvgIpc) is 2.86. The molecule has 0 bridgehead atoms. The van der Waals surface area contributed by atoms with Crippen LogP contribution < -0.4 is 5.32 Å². The zero-order valence-corrected chi connectivity index (χ0v) is 12.7. The summed E-state index contributed by atoms with van der Waals surface area (Å²) in [5.74, 6) is 2.12. The number of benzene rings is 1. The van der Waals surface area contributed by atoms with Gasteiger partial charge in [0.1, 0.15) is 0 Å². The molecule has 2 unspecified atom stereocenters. The van der Waals surface area contributed by atoms with E-state index in [0.29, 0.717) is 0 Å². The van der Waals surface area contributed by atoms with Crippen LogP contribution in [0, 0.1) is 0 Å². The van der Waals surface area contributed by atoms with Crippen LogP contribution in [0.5, 0.6) is 0 Å². The molecule has 2 atom stereocenters. The molecule has 1 aromatic carbocycles. The van der Waals surface area contributed by atoms with Gasteiger partial charge in [-0.15, -0.1) is 0 Å². The molecule has 1 nitrogen and oxygen atoms in total. The molecule has 3 rings (SSSR count). The summed E-state index contributed by atoms with van der Waals surface area (Å²) in [6.07, 6.45) is 6.79. The van der Waals surface area contributed by atoms with Crippen molar-refractivity contribution in [1.29, 1.82) is 0 Å². The zero-order valence-electron chi connectivity index (χ0n) is 11.8. The lowest BCUT2D eigenvalue weighted by Crippen LogP contribution is -2.40. The predicted octanol–water partition coefficient (Wildman–Crippen LogP) is 4.20. The minimum absolute atomic E-state index is 0.774. The number of thioether (sulfide) groups is 1. The summed E-state index contributed by atoms with van der Waals surface area (Å²) in [6.45, 7) is 2.36. The highest BCUT2D eigenvalue weighted by Gasteiger charge is 2.27. The van der Waals surface area contributed by atoms with Crippen LogP contribution in [0.15, 0.2) is 30.3 Å². The minimum Gasteiger partial charge on any atom is -0.310 e. The monoisotopic (exact) mass is 275 g/mol. The fourth-order valence-corrected chi connectivity index (χ4v) is 4.75. The molecule has 0 spiro atoms. The Morgan fingerprint density at radius 1 is 1.00 bits per heavy atom. The van der Waals surface area contributed by atoms with Crippen molar-refractivity contribution in [2.45, 2.75) is 62.3 Å². The van der Waals surface area contributed by atoms with E-state index in [2.05, 4.69) is 54.3 Å². The molecule has 1 aliphatic heterocycles. The Bertz CT molecular complexity index is 384. The number of rotatable bonds is 3. The van der Waals surface area contributed by atoms with E-state index >= 15 is 0 Å². The molecule has 19 heavy (non-hydrogen) atoms. The van der Waals surface area contributed by atoms with Gasteiger partial charge in [-0.1, -0.05) is 37.3 Å². The van der Waals surface area contributed by atoms with E-state index in [0.717, 1.165) is 23.3 Å². The Balaban J connectivity index is 1.47. The molecule has 1 N–H and O–H groups in total. The Morgan fingerprint density at radius 3 is 2.37 bits per heavy atom. The highest BCUT2D eigenvalue weighted by atomic mass is 32.2. The van der Waals surface area contributed by atoms with Gasteiger partial charge in [0.25, 0.3) is 0 Å². The van der Waals surface area contributed by atoms with Crippen LogP contribution in [0.25, 0.3) is 0 Å². The largest absolute Gasteiger partial charge is 0.310 e. The number of hydrogen-bond acceptors (Lipinski definition) is 2. The molecule has 2 heteroatoms. The van der Waals surface area contributed by atoms with E-state index < -0.39 is 0 Å². The summed E-state index contributed by atoms with van der Waals surface area (Å²) >= 11 is 2.13. The van der Waals surface area contributed by atoms with Crippen LogP contribution >= 0.6 is 11.8 Å². The van der Waals surface area contributed by atoms with Gasteiger partial charge in [0.15, 0.2) is 0 Å². The molecule has 1 saturated heterocycles. The number of hydrogen-bond donors (Lipinski definition) is 1. The van der Waals surface area contributed by atoms with Crippen molar-refractivity contribution in [3.8, 4) is 0 Å². The Morgan fingerprint density at radius 2 is 1.74 bits per heavy atom. The van der Waals surface area contributed by atoms with Crippen molar-refractivity contribution in [2.75, 3.05) is 5.75 Å². The SMILES string of the molecule is CC1CC(NC2CCC(c3ccccc3)CC2)CS1. The molecule has 0 amide bonds. The fraction of sp³-hybridized carbons (Fsp3) is 0.647. The van der Waals surface area contributed by atoms with Crippen molar-refractivity contribution in [1.82, 2.24) is 5.32 Å². The summed E-state index contributed by atoms with van der Waals surface area (Å²) < 4.78 is 0. The molecule has 2 fully saturated rings. The molecular formula is C17H25NS. The van der Waals surface area contributed by atoms with E-state index in [9.17, 15) is 0 Å². The predicted molar refractivity (Wildman–Crippen MR) is 84.9 cm³/mol. The standard InChI is InChI=1S/C17H25NS/c1-13-11-17(12-19-13)18-16-9-7-15(8-10-16)14-5-3-2-4-6-14/h2-6,13,15-18H,7-12H2,1H3. The van der Waals surface area contributed by atoms with Gasteiger partial charge in [0, 0.05) is 23.1 Å². The molecule has 1 aliphatic carbocycles. The van der Waals surface area contributed by atoms with E-state index in [1.807, 2.05) is 0 Å². The van der Waals surface area contributed by atoms with Crippen LogP contribution in [-0.4, -0.2) is 23.1 Å². The third-order valence-corrected chi connectivity index (χ3v) is 6.02. The van der Waals surface area contributed by atoms with Gasteiger partial charge < -0.3 is 5.32 Å². The second-order valence-corrected chi connectivity index (χ2v) is 7.67. The third-order valence-electron chi connectivity index (χ3n) is 4.67. The van der Waals surface area contributed by atoms with Crippen LogP contribution in [0.3, 0.4) is 0 Å². The van der Waals surface area contributed by atoms with Gasteiger partial charge in [0.05, 0.1) is 0 Å². The van der Waals surface area contributed by atoms with Gasteiger partial charge in [-0.05, 0) is 43.6 Å². The lowest BCUT2D eigenvalue weighted by molar-refractivity contribution is 0.319.